The SMILES string of the molecule is [Co].[Mo+6].[Ni].[S-2].[S-2].[S-2]. The van der Waals surface area contributed by atoms with Gasteiger partial charge in [-0.15, -0.1) is 0 Å². The molecule has 0 aromatic rings. The van der Waals surface area contributed by atoms with E-state index in [4.69, 9.17) is 0 Å². The van der Waals surface area contributed by atoms with Gasteiger partial charge in [0.1, 0.15) is 0 Å². The maximum Gasteiger partial charge on any atom is 6.00 e. The first-order chi connectivity index (χ1) is 0. The molecule has 0 saturated heterocycles. The Bertz CT molecular complexity index is 10.8. The van der Waals surface area contributed by atoms with Crippen LogP contribution in [0.25, 0.3) is 0 Å². The average Bonchev–Trinajstić information content (AvgIpc) is 0. The third-order valence-corrected chi connectivity index (χ3v) is 0. The molecule has 6 heteroatoms. The van der Waals surface area contributed by atoms with Crippen LogP contribution in [0.15, 0.2) is 0 Å². The summed E-state index contributed by atoms with van der Waals surface area (Å²) in [7, 11) is 0. The van der Waals surface area contributed by atoms with Crippen molar-refractivity contribution in [2.75, 3.05) is 0 Å². The Morgan fingerprint density at radius 3 is 0.667 bits per heavy atom. The van der Waals surface area contributed by atoms with Gasteiger partial charge in [-0.3, -0.25) is 0 Å². The molecule has 0 aromatic carbocycles. The molecule has 0 heterocycles. The molecule has 1 radical (unpaired) electrons. The summed E-state index contributed by atoms with van der Waals surface area (Å²) in [6.07, 6.45) is 0. The molecule has 0 fully saturated rings. The fourth-order valence-corrected chi connectivity index (χ4v) is 0. The molecule has 0 aromatic heterocycles. The fraction of sp³-hybridized carbons (Fsp3) is 0. The summed E-state index contributed by atoms with van der Waals surface area (Å²) in [5.74, 6) is 0. The van der Waals surface area contributed by atoms with E-state index in [-0.39, 0.29) is 94.8 Å². The van der Waals surface area contributed by atoms with Crippen molar-refractivity contribution in [3.63, 3.8) is 0 Å². The van der Waals surface area contributed by atoms with E-state index in [2.05, 4.69) is 0 Å². The van der Waals surface area contributed by atoms with Gasteiger partial charge < -0.3 is 40.5 Å². The van der Waals surface area contributed by atoms with Crippen LogP contribution < -0.4 is 0 Å². The molecule has 0 rings (SSSR count). The van der Waals surface area contributed by atoms with Gasteiger partial charge in [0.2, 0.25) is 0 Å². The van der Waals surface area contributed by atoms with Gasteiger partial charge in [-0.2, -0.15) is 0 Å². The number of rotatable bonds is 0. The van der Waals surface area contributed by atoms with E-state index in [1.807, 2.05) is 0 Å². The second kappa shape index (κ2) is 46.9. The molecule has 43 valence electrons. The van der Waals surface area contributed by atoms with Crippen molar-refractivity contribution in [2.24, 2.45) is 0 Å². The van der Waals surface area contributed by atoms with E-state index < -0.39 is 0 Å². The quantitative estimate of drug-likeness (QED) is 0.552. The van der Waals surface area contributed by atoms with Crippen molar-refractivity contribution in [2.45, 2.75) is 0 Å². The molecule has 0 aliphatic rings. The molecule has 0 spiro atoms. The first-order valence-electron chi connectivity index (χ1n) is 0. The normalized spacial score (nSPS) is 0. The Morgan fingerprint density at radius 2 is 0.667 bits per heavy atom. The Hall–Kier alpha value is 2.74. The average molecular weight is 310 g/mol. The molecule has 6 heavy (non-hydrogen) atoms. The predicted octanol–water partition coefficient (Wildman–Crippen LogP) is -0.0147. The smallest absolute Gasteiger partial charge is 2.00 e. The molecule has 0 saturated carbocycles. The first-order valence-corrected chi connectivity index (χ1v) is 0. The van der Waals surface area contributed by atoms with Crippen LogP contribution >= 0.6 is 0 Å². The Labute approximate surface area is 93.7 Å². The van der Waals surface area contributed by atoms with Gasteiger partial charge in [0.05, 0.1) is 0 Å². The zero-order chi connectivity index (χ0) is 0. The summed E-state index contributed by atoms with van der Waals surface area (Å²) >= 11 is 0. The van der Waals surface area contributed by atoms with Gasteiger partial charge in [0.25, 0.3) is 0 Å². The minimum absolute atomic E-state index is 0. The van der Waals surface area contributed by atoms with E-state index in [1.165, 1.54) is 0 Å². The van der Waals surface area contributed by atoms with Crippen LogP contribution in [0.4, 0.5) is 0 Å². The Morgan fingerprint density at radius 1 is 0.667 bits per heavy atom. The van der Waals surface area contributed by atoms with Crippen molar-refractivity contribution < 1.29 is 54.3 Å². The standard InChI is InChI=1S/Co.Mo.Ni.3S/q;+6;;3*-2. The Kier molecular flexibility index (Phi) is 545. The van der Waals surface area contributed by atoms with E-state index in [0.717, 1.165) is 0 Å². The van der Waals surface area contributed by atoms with Crippen LogP contribution in [-0.2, 0) is 94.8 Å². The topological polar surface area (TPSA) is 0 Å². The summed E-state index contributed by atoms with van der Waals surface area (Å²) in [5.41, 5.74) is 0. The predicted molar refractivity (Wildman–Crippen MR) is 22.1 cm³/mol. The van der Waals surface area contributed by atoms with Gasteiger partial charge in [0, 0.05) is 33.3 Å². The zero-order valence-corrected chi connectivity index (χ0v) is 8.77. The van der Waals surface area contributed by atoms with E-state index in [1.54, 1.807) is 0 Å². The molecule has 0 nitrogen and oxygen atoms in total. The van der Waals surface area contributed by atoms with Crippen LogP contribution in [0.2, 0.25) is 0 Å². The summed E-state index contributed by atoms with van der Waals surface area (Å²) in [4.78, 5) is 0. The van der Waals surface area contributed by atoms with Gasteiger partial charge in [-0.05, 0) is 0 Å². The van der Waals surface area contributed by atoms with Crippen LogP contribution in [0.5, 0.6) is 0 Å². The molecule has 0 aliphatic carbocycles. The van der Waals surface area contributed by atoms with Crippen LogP contribution in [0.1, 0.15) is 0 Å². The minimum atomic E-state index is 0. The summed E-state index contributed by atoms with van der Waals surface area (Å²) < 4.78 is 0. The van der Waals surface area contributed by atoms with Crippen molar-refractivity contribution in [1.82, 2.24) is 0 Å². The van der Waals surface area contributed by atoms with Crippen molar-refractivity contribution in [1.29, 1.82) is 0 Å². The summed E-state index contributed by atoms with van der Waals surface area (Å²) in [6, 6.07) is 0. The van der Waals surface area contributed by atoms with Gasteiger partial charge >= 0.3 is 21.1 Å². The van der Waals surface area contributed by atoms with Crippen LogP contribution in [0, 0.1) is 0 Å². The third-order valence-electron chi connectivity index (χ3n) is 0. The molecule has 0 aliphatic heterocycles. The molecule has 0 atom stereocenters. The Balaban J connectivity index is 0. The maximum atomic E-state index is 0. The van der Waals surface area contributed by atoms with Crippen LogP contribution in [0.3, 0.4) is 0 Å². The van der Waals surface area contributed by atoms with Gasteiger partial charge in [-0.1, -0.05) is 0 Å². The fourth-order valence-electron chi connectivity index (χ4n) is 0. The van der Waals surface area contributed by atoms with E-state index >= 15 is 0 Å². The third kappa shape index (κ3) is 29.6. The van der Waals surface area contributed by atoms with Gasteiger partial charge in [-0.25, -0.2) is 0 Å². The number of hydrogen-bond acceptors (Lipinski definition) is 0. The molecular weight excluding hydrogens is 310 g/mol. The summed E-state index contributed by atoms with van der Waals surface area (Å²) in [5, 5.41) is 0. The molecular formula is CoMoNiS3. The van der Waals surface area contributed by atoms with E-state index in [0.29, 0.717) is 0 Å². The second-order valence-corrected chi connectivity index (χ2v) is 0. The molecule has 0 N–H and O–H groups in total. The first kappa shape index (κ1) is 69.8. The monoisotopic (exact) mass is 311 g/mol. The molecule has 0 unspecified atom stereocenters. The van der Waals surface area contributed by atoms with Crippen molar-refractivity contribution in [3.05, 3.63) is 0 Å². The van der Waals surface area contributed by atoms with Gasteiger partial charge in [0.15, 0.2) is 0 Å². The summed E-state index contributed by atoms with van der Waals surface area (Å²) in [6.45, 7) is 0. The van der Waals surface area contributed by atoms with E-state index in [9.17, 15) is 0 Å². The molecule has 0 bridgehead atoms. The minimum Gasteiger partial charge on any atom is -2.00 e. The largest absolute Gasteiger partial charge is 6.00 e. The second-order valence-electron chi connectivity index (χ2n) is 0. The zero-order valence-electron chi connectivity index (χ0n) is 2.28. The maximum absolute atomic E-state index is 0. The van der Waals surface area contributed by atoms with Crippen molar-refractivity contribution >= 4 is 40.5 Å². The number of hydrogen-bond donors (Lipinski definition) is 0. The van der Waals surface area contributed by atoms with Crippen LogP contribution in [-0.4, -0.2) is 0 Å². The van der Waals surface area contributed by atoms with Crippen molar-refractivity contribution in [3.8, 4) is 0 Å². The molecule has 0 amide bonds.